The van der Waals surface area contributed by atoms with Crippen LogP contribution >= 0.6 is 0 Å². The highest BCUT2D eigenvalue weighted by Crippen LogP contribution is 2.14. The molecular formula is C9H21NO2Si. The molecule has 4 heteroatoms. The van der Waals surface area contributed by atoms with Gasteiger partial charge in [-0.2, -0.15) is 0 Å². The fourth-order valence-electron chi connectivity index (χ4n) is 0.855. The molecular weight excluding hydrogens is 182 g/mol. The highest BCUT2D eigenvalue weighted by molar-refractivity contribution is 6.09. The van der Waals surface area contributed by atoms with Crippen LogP contribution in [-0.4, -0.2) is 39.5 Å². The number of hydrogen-bond acceptors (Lipinski definition) is 2. The minimum atomic E-state index is -0.332. The lowest BCUT2D eigenvalue weighted by Gasteiger charge is -2.27. The molecule has 0 rings (SSSR count). The molecule has 0 radical (unpaired) electrons. The number of rotatable bonds is 4. The molecule has 0 aliphatic rings. The van der Waals surface area contributed by atoms with Crippen molar-refractivity contribution in [3.8, 4) is 0 Å². The van der Waals surface area contributed by atoms with Gasteiger partial charge in [0.15, 0.2) is 0 Å². The van der Waals surface area contributed by atoms with Crippen LogP contribution in [0.15, 0.2) is 0 Å². The monoisotopic (exact) mass is 203 g/mol. The Morgan fingerprint density at radius 2 is 2.00 bits per heavy atom. The van der Waals surface area contributed by atoms with Crippen molar-refractivity contribution in [2.24, 2.45) is 0 Å². The van der Waals surface area contributed by atoms with E-state index in [2.05, 4.69) is 0 Å². The largest absolute Gasteiger partial charge is 0.443 e. The summed E-state index contributed by atoms with van der Waals surface area (Å²) in [6.07, 6.45) is 1.51. The Balaban J connectivity index is 4.13. The SMILES string of the molecule is CCN(C[SiH3])C(=O)OC(C)(C)CC. The van der Waals surface area contributed by atoms with Gasteiger partial charge in [0.05, 0.1) is 0 Å². The normalized spacial score (nSPS) is 11.4. The van der Waals surface area contributed by atoms with Crippen LogP contribution in [0.4, 0.5) is 4.79 Å². The van der Waals surface area contributed by atoms with Crippen molar-refractivity contribution in [1.82, 2.24) is 4.90 Å². The fraction of sp³-hybridized carbons (Fsp3) is 0.889. The van der Waals surface area contributed by atoms with E-state index in [0.29, 0.717) is 0 Å². The van der Waals surface area contributed by atoms with E-state index in [-0.39, 0.29) is 11.7 Å². The summed E-state index contributed by atoms with van der Waals surface area (Å²) in [7, 11) is 0.998. The van der Waals surface area contributed by atoms with Gasteiger partial charge >= 0.3 is 6.09 Å². The van der Waals surface area contributed by atoms with E-state index in [4.69, 9.17) is 4.74 Å². The number of amides is 1. The molecule has 0 saturated heterocycles. The number of hydrogen-bond donors (Lipinski definition) is 0. The second-order valence-electron chi connectivity index (χ2n) is 3.65. The zero-order valence-corrected chi connectivity index (χ0v) is 11.4. The van der Waals surface area contributed by atoms with E-state index in [1.165, 1.54) is 0 Å². The van der Waals surface area contributed by atoms with Crippen LogP contribution in [0.3, 0.4) is 0 Å². The van der Waals surface area contributed by atoms with Crippen LogP contribution in [0.2, 0.25) is 0 Å². The number of carbonyl (C=O) groups is 1. The third kappa shape index (κ3) is 4.31. The minimum absolute atomic E-state index is 0.177. The third-order valence-corrected chi connectivity index (χ3v) is 3.00. The first-order valence-electron chi connectivity index (χ1n) is 4.94. The van der Waals surface area contributed by atoms with Crippen LogP contribution in [0.1, 0.15) is 34.1 Å². The van der Waals surface area contributed by atoms with Gasteiger partial charge in [0.2, 0.25) is 0 Å². The molecule has 3 nitrogen and oxygen atoms in total. The molecule has 0 aromatic rings. The Morgan fingerprint density at radius 1 is 1.46 bits per heavy atom. The van der Waals surface area contributed by atoms with E-state index in [0.717, 1.165) is 29.4 Å². The van der Waals surface area contributed by atoms with Crippen molar-refractivity contribution in [2.75, 3.05) is 12.7 Å². The maximum absolute atomic E-state index is 11.5. The van der Waals surface area contributed by atoms with E-state index < -0.39 is 0 Å². The lowest BCUT2D eigenvalue weighted by molar-refractivity contribution is 0.0152. The molecule has 0 saturated carbocycles. The van der Waals surface area contributed by atoms with Crippen LogP contribution in [0, 0.1) is 0 Å². The molecule has 0 aliphatic heterocycles. The first-order valence-corrected chi connectivity index (χ1v) is 6.36. The molecule has 0 atom stereocenters. The first kappa shape index (κ1) is 12.5. The summed E-state index contributed by atoms with van der Waals surface area (Å²) in [6, 6.07) is 0. The number of nitrogens with zero attached hydrogens (tertiary/aromatic N) is 1. The van der Waals surface area contributed by atoms with Gasteiger partial charge in [-0.3, -0.25) is 0 Å². The van der Waals surface area contributed by atoms with Gasteiger partial charge in [-0.25, -0.2) is 4.79 Å². The summed E-state index contributed by atoms with van der Waals surface area (Å²) < 4.78 is 5.34. The Hall–Kier alpha value is -0.513. The van der Waals surface area contributed by atoms with Gasteiger partial charge < -0.3 is 9.64 Å². The van der Waals surface area contributed by atoms with Crippen molar-refractivity contribution in [3.05, 3.63) is 0 Å². The molecule has 1 amide bonds. The Labute approximate surface area is 83.9 Å². The first-order chi connectivity index (χ1) is 5.96. The van der Waals surface area contributed by atoms with Crippen LogP contribution in [-0.2, 0) is 4.74 Å². The van der Waals surface area contributed by atoms with Crippen LogP contribution in [0.25, 0.3) is 0 Å². The highest BCUT2D eigenvalue weighted by Gasteiger charge is 2.22. The molecule has 0 aliphatic carbocycles. The van der Waals surface area contributed by atoms with Gasteiger partial charge in [0, 0.05) is 23.0 Å². The van der Waals surface area contributed by atoms with Crippen molar-refractivity contribution >= 4 is 16.3 Å². The lowest BCUT2D eigenvalue weighted by Crippen LogP contribution is -2.38. The second-order valence-corrected chi connectivity index (χ2v) is 4.29. The summed E-state index contributed by atoms with van der Waals surface area (Å²) in [5.74, 6) is 0. The lowest BCUT2D eigenvalue weighted by atomic mass is 10.1. The van der Waals surface area contributed by atoms with Crippen LogP contribution < -0.4 is 0 Å². The summed E-state index contributed by atoms with van der Waals surface area (Å²) in [6.45, 7) is 8.60. The summed E-state index contributed by atoms with van der Waals surface area (Å²) in [5.41, 5.74) is -0.332. The molecule has 0 aromatic heterocycles. The smallest absolute Gasteiger partial charge is 0.409 e. The topological polar surface area (TPSA) is 29.5 Å². The Bertz CT molecular complexity index is 167. The minimum Gasteiger partial charge on any atom is -0.443 e. The molecule has 13 heavy (non-hydrogen) atoms. The highest BCUT2D eigenvalue weighted by atomic mass is 28.1. The summed E-state index contributed by atoms with van der Waals surface area (Å²) >= 11 is 0. The quantitative estimate of drug-likeness (QED) is 0.637. The Morgan fingerprint density at radius 3 is 2.31 bits per heavy atom. The van der Waals surface area contributed by atoms with Crippen molar-refractivity contribution < 1.29 is 9.53 Å². The second kappa shape index (κ2) is 5.27. The van der Waals surface area contributed by atoms with Gasteiger partial charge in [-0.15, -0.1) is 0 Å². The van der Waals surface area contributed by atoms with Gasteiger partial charge in [0.1, 0.15) is 5.60 Å². The summed E-state index contributed by atoms with van der Waals surface area (Å²) in [5, 5.41) is 0. The van der Waals surface area contributed by atoms with E-state index in [1.54, 1.807) is 4.90 Å². The predicted molar refractivity (Wildman–Crippen MR) is 58.0 cm³/mol. The third-order valence-electron chi connectivity index (χ3n) is 2.24. The average Bonchev–Trinajstić information content (AvgIpc) is 2.06. The summed E-state index contributed by atoms with van der Waals surface area (Å²) in [4.78, 5) is 13.2. The van der Waals surface area contributed by atoms with E-state index >= 15 is 0 Å². The maximum Gasteiger partial charge on any atom is 0.409 e. The number of carbonyl (C=O) groups excluding carboxylic acids is 1. The van der Waals surface area contributed by atoms with Gasteiger partial charge in [-0.05, 0) is 27.2 Å². The predicted octanol–water partition coefficient (Wildman–Crippen LogP) is 0.956. The Kier molecular flexibility index (Phi) is 5.06. The van der Waals surface area contributed by atoms with Crippen LogP contribution in [0.5, 0.6) is 0 Å². The molecule has 0 N–H and O–H groups in total. The zero-order valence-electron chi connectivity index (χ0n) is 9.39. The van der Waals surface area contributed by atoms with Crippen molar-refractivity contribution in [1.29, 1.82) is 0 Å². The molecule has 78 valence electrons. The van der Waals surface area contributed by atoms with Gasteiger partial charge in [-0.1, -0.05) is 6.92 Å². The van der Waals surface area contributed by atoms with E-state index in [1.807, 2.05) is 27.7 Å². The van der Waals surface area contributed by atoms with Crippen molar-refractivity contribution in [3.63, 3.8) is 0 Å². The standard InChI is InChI=1S/C9H21NO2Si/c1-5-9(3,4)12-8(11)10(6-2)7-13/h5-7H2,1-4,13H3. The fourth-order valence-corrected chi connectivity index (χ4v) is 1.56. The maximum atomic E-state index is 11.5. The molecule has 0 spiro atoms. The van der Waals surface area contributed by atoms with Gasteiger partial charge in [0.25, 0.3) is 0 Å². The molecule has 0 unspecified atom stereocenters. The molecule has 0 heterocycles. The average molecular weight is 203 g/mol. The zero-order chi connectivity index (χ0) is 10.5. The molecule has 0 bridgehead atoms. The van der Waals surface area contributed by atoms with Crippen molar-refractivity contribution in [2.45, 2.75) is 39.7 Å². The van der Waals surface area contributed by atoms with E-state index in [9.17, 15) is 4.79 Å². The molecule has 0 fully saturated rings. The molecule has 0 aromatic carbocycles. The number of ether oxygens (including phenoxy) is 1.